The van der Waals surface area contributed by atoms with Gasteiger partial charge in [-0.1, -0.05) is 42.5 Å². The van der Waals surface area contributed by atoms with Gasteiger partial charge >= 0.3 is 6.09 Å². The third kappa shape index (κ3) is 4.44. The molecule has 0 aliphatic carbocycles. The largest absolute Gasteiger partial charge is 0.445 e. The van der Waals surface area contributed by atoms with Crippen LogP contribution in [0.2, 0.25) is 0 Å². The minimum Gasteiger partial charge on any atom is -0.445 e. The van der Waals surface area contributed by atoms with Crippen LogP contribution in [0.25, 0.3) is 11.0 Å². The van der Waals surface area contributed by atoms with E-state index in [-0.39, 0.29) is 12.5 Å². The molecular weight excluding hydrogens is 344 g/mol. The van der Waals surface area contributed by atoms with Gasteiger partial charge in [-0.25, -0.2) is 9.78 Å². The van der Waals surface area contributed by atoms with Crippen LogP contribution in [0.1, 0.15) is 19.4 Å². The second-order valence-corrected chi connectivity index (χ2v) is 6.09. The van der Waals surface area contributed by atoms with Gasteiger partial charge < -0.3 is 14.6 Å². The molecule has 0 saturated carbocycles. The molecule has 0 saturated heterocycles. The Balaban J connectivity index is 1.58. The fourth-order valence-corrected chi connectivity index (χ4v) is 2.72. The number of amides is 2. The molecule has 3 rings (SSSR count). The summed E-state index contributed by atoms with van der Waals surface area (Å²) < 4.78 is 7.05. The molecule has 27 heavy (non-hydrogen) atoms. The third-order valence-corrected chi connectivity index (χ3v) is 4.15. The molecule has 0 aliphatic rings. The van der Waals surface area contributed by atoms with Crippen LogP contribution in [0.15, 0.2) is 54.6 Å². The SMILES string of the molecule is CCn1c(NC(=O)C(C)NC(=O)OCc2ccccc2)nc2ccccc21. The maximum Gasteiger partial charge on any atom is 0.408 e. The quantitative estimate of drug-likeness (QED) is 0.701. The van der Waals surface area contributed by atoms with E-state index in [1.807, 2.05) is 66.1 Å². The fourth-order valence-electron chi connectivity index (χ4n) is 2.72. The number of carbonyl (C=O) groups is 2. The zero-order valence-corrected chi connectivity index (χ0v) is 15.3. The van der Waals surface area contributed by atoms with E-state index in [0.29, 0.717) is 12.5 Å². The fraction of sp³-hybridized carbons (Fsp3) is 0.250. The second kappa shape index (κ2) is 8.35. The maximum atomic E-state index is 12.4. The number of hydrogen-bond donors (Lipinski definition) is 2. The summed E-state index contributed by atoms with van der Waals surface area (Å²) in [6, 6.07) is 16.2. The van der Waals surface area contributed by atoms with Gasteiger partial charge in [-0.3, -0.25) is 10.1 Å². The van der Waals surface area contributed by atoms with Gasteiger partial charge in [0.25, 0.3) is 0 Å². The molecule has 1 atom stereocenters. The molecule has 140 valence electrons. The predicted octanol–water partition coefficient (Wildman–Crippen LogP) is 3.31. The van der Waals surface area contributed by atoms with Gasteiger partial charge in [0.2, 0.25) is 11.9 Å². The topological polar surface area (TPSA) is 85.2 Å². The van der Waals surface area contributed by atoms with Crippen molar-refractivity contribution in [2.24, 2.45) is 0 Å². The summed E-state index contributed by atoms with van der Waals surface area (Å²) in [5.41, 5.74) is 2.62. The van der Waals surface area contributed by atoms with Crippen molar-refractivity contribution in [3.63, 3.8) is 0 Å². The molecule has 2 N–H and O–H groups in total. The first kappa shape index (κ1) is 18.4. The summed E-state index contributed by atoms with van der Waals surface area (Å²) in [4.78, 5) is 28.8. The number of benzene rings is 2. The van der Waals surface area contributed by atoms with Gasteiger partial charge in [-0.15, -0.1) is 0 Å². The molecule has 0 fully saturated rings. The molecule has 0 spiro atoms. The number of nitrogens with zero attached hydrogens (tertiary/aromatic N) is 2. The average molecular weight is 366 g/mol. The van der Waals surface area contributed by atoms with Crippen LogP contribution in [0.4, 0.5) is 10.7 Å². The maximum absolute atomic E-state index is 12.4. The van der Waals surface area contributed by atoms with Gasteiger partial charge in [-0.2, -0.15) is 0 Å². The van der Waals surface area contributed by atoms with Gasteiger partial charge in [0.15, 0.2) is 0 Å². The number of nitrogens with one attached hydrogen (secondary N) is 2. The molecule has 7 nitrogen and oxygen atoms in total. The highest BCUT2D eigenvalue weighted by Crippen LogP contribution is 2.19. The van der Waals surface area contributed by atoms with Crippen molar-refractivity contribution in [2.75, 3.05) is 5.32 Å². The van der Waals surface area contributed by atoms with E-state index in [2.05, 4.69) is 15.6 Å². The Hall–Kier alpha value is -3.35. The molecular formula is C20H22N4O3. The van der Waals surface area contributed by atoms with Gasteiger partial charge in [0, 0.05) is 6.54 Å². The van der Waals surface area contributed by atoms with Crippen LogP contribution in [0.3, 0.4) is 0 Å². The lowest BCUT2D eigenvalue weighted by atomic mass is 10.2. The van der Waals surface area contributed by atoms with Crippen LogP contribution in [-0.2, 0) is 22.7 Å². The zero-order valence-electron chi connectivity index (χ0n) is 15.3. The summed E-state index contributed by atoms with van der Waals surface area (Å²) >= 11 is 0. The van der Waals surface area contributed by atoms with Crippen molar-refractivity contribution in [1.82, 2.24) is 14.9 Å². The molecule has 1 aromatic heterocycles. The number of rotatable bonds is 6. The highest BCUT2D eigenvalue weighted by atomic mass is 16.5. The Morgan fingerprint density at radius 3 is 2.56 bits per heavy atom. The van der Waals surface area contributed by atoms with E-state index < -0.39 is 12.1 Å². The minimum atomic E-state index is -0.765. The van der Waals surface area contributed by atoms with Gasteiger partial charge in [0.05, 0.1) is 11.0 Å². The summed E-state index contributed by atoms with van der Waals surface area (Å²) in [6.45, 7) is 4.38. The number of anilines is 1. The van der Waals surface area contributed by atoms with Crippen molar-refractivity contribution in [3.8, 4) is 0 Å². The number of ether oxygens (including phenoxy) is 1. The first-order valence-electron chi connectivity index (χ1n) is 8.82. The lowest BCUT2D eigenvalue weighted by Gasteiger charge is -2.14. The molecule has 2 aromatic carbocycles. The molecule has 0 bridgehead atoms. The van der Waals surface area contributed by atoms with Crippen LogP contribution >= 0.6 is 0 Å². The van der Waals surface area contributed by atoms with E-state index in [4.69, 9.17) is 4.74 Å². The number of hydrogen-bond acceptors (Lipinski definition) is 4. The number of para-hydroxylation sites is 2. The lowest BCUT2D eigenvalue weighted by Crippen LogP contribution is -2.42. The minimum absolute atomic E-state index is 0.145. The van der Waals surface area contributed by atoms with E-state index in [0.717, 1.165) is 16.6 Å². The number of imidazole rings is 1. The van der Waals surface area contributed by atoms with Crippen LogP contribution in [-0.4, -0.2) is 27.6 Å². The average Bonchev–Trinajstić information content (AvgIpc) is 3.04. The molecule has 2 amide bonds. The second-order valence-electron chi connectivity index (χ2n) is 6.09. The number of aromatic nitrogens is 2. The number of fused-ring (bicyclic) bond motifs is 1. The van der Waals surface area contributed by atoms with Crippen molar-refractivity contribution in [2.45, 2.75) is 33.0 Å². The molecule has 0 aliphatic heterocycles. The van der Waals surface area contributed by atoms with Crippen LogP contribution < -0.4 is 10.6 Å². The summed E-state index contributed by atoms with van der Waals surface area (Å²) in [5, 5.41) is 5.30. The number of alkyl carbamates (subject to hydrolysis) is 1. The monoisotopic (exact) mass is 366 g/mol. The third-order valence-electron chi connectivity index (χ3n) is 4.15. The Bertz CT molecular complexity index is 937. The first-order chi connectivity index (χ1) is 13.1. The lowest BCUT2D eigenvalue weighted by molar-refractivity contribution is -0.117. The molecule has 0 radical (unpaired) electrons. The predicted molar refractivity (Wildman–Crippen MR) is 103 cm³/mol. The molecule has 1 unspecified atom stereocenters. The van der Waals surface area contributed by atoms with Crippen LogP contribution in [0, 0.1) is 0 Å². The summed E-state index contributed by atoms with van der Waals surface area (Å²) in [6.07, 6.45) is -0.648. The van der Waals surface area contributed by atoms with E-state index in [9.17, 15) is 9.59 Å². The number of aryl methyl sites for hydroxylation is 1. The Morgan fingerprint density at radius 1 is 1.11 bits per heavy atom. The summed E-state index contributed by atoms with van der Waals surface area (Å²) in [5.74, 6) is 0.0895. The standard InChI is InChI=1S/C20H22N4O3/c1-3-24-17-12-8-7-11-16(17)22-19(24)23-18(25)14(2)21-20(26)27-13-15-9-5-4-6-10-15/h4-12,14H,3,13H2,1-2H3,(H,21,26)(H,22,23,25). The molecule has 1 heterocycles. The highest BCUT2D eigenvalue weighted by Gasteiger charge is 2.19. The van der Waals surface area contributed by atoms with E-state index in [1.165, 1.54) is 0 Å². The molecule has 7 heteroatoms. The van der Waals surface area contributed by atoms with Crippen molar-refractivity contribution < 1.29 is 14.3 Å². The molecule has 3 aromatic rings. The van der Waals surface area contributed by atoms with Gasteiger partial charge in [0.1, 0.15) is 12.6 Å². The zero-order chi connectivity index (χ0) is 19.2. The van der Waals surface area contributed by atoms with Crippen molar-refractivity contribution in [3.05, 3.63) is 60.2 Å². The highest BCUT2D eigenvalue weighted by molar-refractivity contribution is 5.96. The van der Waals surface area contributed by atoms with Crippen molar-refractivity contribution >= 4 is 29.0 Å². The Morgan fingerprint density at radius 2 is 1.81 bits per heavy atom. The number of carbonyl (C=O) groups excluding carboxylic acids is 2. The Labute approximate surface area is 157 Å². The first-order valence-corrected chi connectivity index (χ1v) is 8.82. The van der Waals surface area contributed by atoms with E-state index in [1.54, 1.807) is 6.92 Å². The summed E-state index contributed by atoms with van der Waals surface area (Å²) in [7, 11) is 0. The van der Waals surface area contributed by atoms with Crippen molar-refractivity contribution in [1.29, 1.82) is 0 Å². The van der Waals surface area contributed by atoms with E-state index >= 15 is 0 Å². The van der Waals surface area contributed by atoms with Gasteiger partial charge in [-0.05, 0) is 31.5 Å². The normalized spacial score (nSPS) is 11.8. The smallest absolute Gasteiger partial charge is 0.408 e. The van der Waals surface area contributed by atoms with Crippen LogP contribution in [0.5, 0.6) is 0 Å². The Kier molecular flexibility index (Phi) is 5.71.